The van der Waals surface area contributed by atoms with Gasteiger partial charge in [-0.05, 0) is 49.2 Å². The van der Waals surface area contributed by atoms with Gasteiger partial charge in [-0.15, -0.1) is 16.8 Å². The van der Waals surface area contributed by atoms with Crippen molar-refractivity contribution in [2.24, 2.45) is 0 Å². The standard InChI is InChI=1S/C24H26FN5O2S/c1-4-11-30-21(9-10-26-23(32)19-7-5-6-8-20(19)25)28-29-24(30)33-15-22(31)27-18-13-16(2)12-17(3)14-18/h4-8,12-14H,1,9-11,15H2,2-3H3,(H,26,32)(H,27,31). The van der Waals surface area contributed by atoms with Gasteiger partial charge in [0.1, 0.15) is 11.6 Å². The lowest BCUT2D eigenvalue weighted by atomic mass is 10.1. The number of aromatic nitrogens is 3. The summed E-state index contributed by atoms with van der Waals surface area (Å²) in [6.07, 6.45) is 2.11. The number of halogens is 1. The molecule has 0 atom stereocenters. The van der Waals surface area contributed by atoms with Crippen molar-refractivity contribution in [1.82, 2.24) is 20.1 Å². The molecule has 33 heavy (non-hydrogen) atoms. The van der Waals surface area contributed by atoms with E-state index >= 15 is 0 Å². The highest BCUT2D eigenvalue weighted by Crippen LogP contribution is 2.19. The number of allylic oxidation sites excluding steroid dienone is 1. The third-order valence-corrected chi connectivity index (χ3v) is 5.66. The van der Waals surface area contributed by atoms with Crippen molar-refractivity contribution in [2.75, 3.05) is 17.6 Å². The fourth-order valence-corrected chi connectivity index (χ4v) is 4.09. The zero-order valence-electron chi connectivity index (χ0n) is 18.6. The van der Waals surface area contributed by atoms with Crippen molar-refractivity contribution in [1.29, 1.82) is 0 Å². The Kier molecular flexibility index (Phi) is 8.37. The van der Waals surface area contributed by atoms with E-state index in [1.807, 2.05) is 36.6 Å². The summed E-state index contributed by atoms with van der Waals surface area (Å²) in [6.45, 7) is 8.46. The lowest BCUT2D eigenvalue weighted by Gasteiger charge is -2.10. The molecule has 9 heteroatoms. The number of nitrogens with zero attached hydrogens (tertiary/aromatic N) is 3. The van der Waals surface area contributed by atoms with Crippen LogP contribution in [0.15, 0.2) is 60.3 Å². The summed E-state index contributed by atoms with van der Waals surface area (Å²) in [5, 5.41) is 14.6. The number of carbonyl (C=O) groups is 2. The Bertz CT molecular complexity index is 1140. The minimum atomic E-state index is -0.567. The molecule has 0 aliphatic rings. The minimum absolute atomic E-state index is 0.00359. The predicted molar refractivity (Wildman–Crippen MR) is 128 cm³/mol. The van der Waals surface area contributed by atoms with Crippen LogP contribution in [0, 0.1) is 19.7 Å². The van der Waals surface area contributed by atoms with Gasteiger partial charge in [0.15, 0.2) is 5.16 Å². The summed E-state index contributed by atoms with van der Waals surface area (Å²) >= 11 is 1.27. The van der Waals surface area contributed by atoms with Gasteiger partial charge >= 0.3 is 0 Å². The Morgan fingerprint density at radius 1 is 1.15 bits per heavy atom. The Balaban J connectivity index is 1.57. The van der Waals surface area contributed by atoms with Gasteiger partial charge in [-0.25, -0.2) is 4.39 Å². The van der Waals surface area contributed by atoms with Gasteiger partial charge in [-0.1, -0.05) is 36.0 Å². The summed E-state index contributed by atoms with van der Waals surface area (Å²) < 4.78 is 15.6. The Morgan fingerprint density at radius 3 is 2.58 bits per heavy atom. The van der Waals surface area contributed by atoms with Gasteiger partial charge in [0.05, 0.1) is 11.3 Å². The van der Waals surface area contributed by atoms with Crippen molar-refractivity contribution in [2.45, 2.75) is 32.0 Å². The fraction of sp³-hybridized carbons (Fsp3) is 0.250. The van der Waals surface area contributed by atoms with Crippen LogP contribution >= 0.6 is 11.8 Å². The number of anilines is 1. The van der Waals surface area contributed by atoms with Crippen LogP contribution in [0.5, 0.6) is 0 Å². The molecular formula is C24H26FN5O2S. The average molecular weight is 468 g/mol. The molecule has 3 rings (SSSR count). The van der Waals surface area contributed by atoms with Crippen molar-refractivity contribution in [3.05, 3.63) is 83.5 Å². The SMILES string of the molecule is C=CCn1c(CCNC(=O)c2ccccc2F)nnc1SCC(=O)Nc1cc(C)cc(C)c1. The van der Waals surface area contributed by atoms with Crippen LogP contribution in [0.4, 0.5) is 10.1 Å². The fourth-order valence-electron chi connectivity index (χ4n) is 3.33. The largest absolute Gasteiger partial charge is 0.351 e. The summed E-state index contributed by atoms with van der Waals surface area (Å²) in [5.74, 6) is -0.382. The quantitative estimate of drug-likeness (QED) is 0.349. The molecule has 172 valence electrons. The van der Waals surface area contributed by atoms with Crippen LogP contribution in [0.25, 0.3) is 0 Å². The molecule has 0 fully saturated rings. The molecule has 3 aromatic rings. The molecule has 2 aromatic carbocycles. The molecular weight excluding hydrogens is 441 g/mol. The van der Waals surface area contributed by atoms with Crippen LogP contribution in [0.2, 0.25) is 0 Å². The first-order chi connectivity index (χ1) is 15.9. The number of hydrogen-bond acceptors (Lipinski definition) is 5. The number of benzene rings is 2. The van der Waals surface area contributed by atoms with E-state index in [2.05, 4.69) is 27.4 Å². The van der Waals surface area contributed by atoms with Crippen LogP contribution < -0.4 is 10.6 Å². The Morgan fingerprint density at radius 2 is 1.88 bits per heavy atom. The van der Waals surface area contributed by atoms with E-state index in [1.165, 1.54) is 30.0 Å². The van der Waals surface area contributed by atoms with E-state index in [1.54, 1.807) is 12.1 Å². The molecule has 0 spiro atoms. The molecule has 0 saturated heterocycles. The van der Waals surface area contributed by atoms with Gasteiger partial charge in [0.2, 0.25) is 5.91 Å². The molecule has 0 saturated carbocycles. The zero-order valence-corrected chi connectivity index (χ0v) is 19.4. The van der Waals surface area contributed by atoms with Gasteiger partial charge in [0.25, 0.3) is 5.91 Å². The van der Waals surface area contributed by atoms with E-state index in [0.717, 1.165) is 16.8 Å². The molecule has 2 N–H and O–H groups in total. The maximum absolute atomic E-state index is 13.8. The van der Waals surface area contributed by atoms with Crippen LogP contribution in [0.3, 0.4) is 0 Å². The number of rotatable bonds is 10. The molecule has 1 heterocycles. The van der Waals surface area contributed by atoms with E-state index in [4.69, 9.17) is 0 Å². The molecule has 7 nitrogen and oxygen atoms in total. The normalized spacial score (nSPS) is 10.6. The van der Waals surface area contributed by atoms with Gasteiger partial charge < -0.3 is 15.2 Å². The number of carbonyl (C=O) groups excluding carboxylic acids is 2. The first kappa shape index (κ1) is 24.2. The second kappa shape index (κ2) is 11.4. The highest BCUT2D eigenvalue weighted by atomic mass is 32.2. The Hall–Kier alpha value is -3.46. The van der Waals surface area contributed by atoms with Crippen LogP contribution in [-0.4, -0.2) is 38.9 Å². The number of aryl methyl sites for hydroxylation is 2. The lowest BCUT2D eigenvalue weighted by molar-refractivity contribution is -0.113. The second-order valence-corrected chi connectivity index (χ2v) is 8.44. The highest BCUT2D eigenvalue weighted by Gasteiger charge is 2.15. The first-order valence-electron chi connectivity index (χ1n) is 10.4. The van der Waals surface area contributed by atoms with Gasteiger partial charge in [-0.3, -0.25) is 9.59 Å². The monoisotopic (exact) mass is 467 g/mol. The van der Waals surface area contributed by atoms with Gasteiger partial charge in [0, 0.05) is 25.2 Å². The van der Waals surface area contributed by atoms with Gasteiger partial charge in [-0.2, -0.15) is 0 Å². The lowest BCUT2D eigenvalue weighted by Crippen LogP contribution is -2.27. The van der Waals surface area contributed by atoms with E-state index in [9.17, 15) is 14.0 Å². The third-order valence-electron chi connectivity index (χ3n) is 4.70. The van der Waals surface area contributed by atoms with Crippen LogP contribution in [-0.2, 0) is 17.8 Å². The summed E-state index contributed by atoms with van der Waals surface area (Å²) in [7, 11) is 0. The number of nitrogens with one attached hydrogen (secondary N) is 2. The topological polar surface area (TPSA) is 88.9 Å². The van der Waals surface area contributed by atoms with Crippen molar-refractivity contribution < 1.29 is 14.0 Å². The summed E-state index contributed by atoms with van der Waals surface area (Å²) in [5.41, 5.74) is 2.92. The number of amides is 2. The maximum atomic E-state index is 13.8. The molecule has 0 unspecified atom stereocenters. The van der Waals surface area contributed by atoms with E-state index in [-0.39, 0.29) is 23.8 Å². The molecule has 0 aliphatic carbocycles. The predicted octanol–water partition coefficient (Wildman–Crippen LogP) is 3.92. The van der Waals surface area contributed by atoms with Crippen molar-refractivity contribution in [3.63, 3.8) is 0 Å². The number of thioether (sulfide) groups is 1. The minimum Gasteiger partial charge on any atom is -0.351 e. The van der Waals surface area contributed by atoms with E-state index in [0.29, 0.717) is 23.9 Å². The first-order valence-corrected chi connectivity index (χ1v) is 11.4. The smallest absolute Gasteiger partial charge is 0.254 e. The zero-order chi connectivity index (χ0) is 23.8. The molecule has 0 aliphatic heterocycles. The van der Waals surface area contributed by atoms with Crippen molar-refractivity contribution in [3.8, 4) is 0 Å². The number of hydrogen-bond donors (Lipinski definition) is 2. The summed E-state index contributed by atoms with van der Waals surface area (Å²) in [4.78, 5) is 24.6. The highest BCUT2D eigenvalue weighted by molar-refractivity contribution is 7.99. The second-order valence-electron chi connectivity index (χ2n) is 7.50. The van der Waals surface area contributed by atoms with Crippen LogP contribution in [0.1, 0.15) is 27.3 Å². The maximum Gasteiger partial charge on any atom is 0.254 e. The van der Waals surface area contributed by atoms with E-state index < -0.39 is 11.7 Å². The molecule has 0 bridgehead atoms. The molecule has 2 amide bonds. The Labute approximate surface area is 196 Å². The third kappa shape index (κ3) is 6.76. The summed E-state index contributed by atoms with van der Waals surface area (Å²) in [6, 6.07) is 11.7. The average Bonchev–Trinajstić information content (AvgIpc) is 3.13. The van der Waals surface area contributed by atoms with Crippen molar-refractivity contribution >= 4 is 29.3 Å². The molecule has 1 aromatic heterocycles. The molecule has 0 radical (unpaired) electrons.